The summed E-state index contributed by atoms with van der Waals surface area (Å²) in [6.07, 6.45) is 9.19. The molecule has 18 heavy (non-hydrogen) atoms. The lowest BCUT2D eigenvalue weighted by Crippen LogP contribution is -2.48. The van der Waals surface area contributed by atoms with E-state index < -0.39 is 5.60 Å². The molecule has 2 heteroatoms. The highest BCUT2D eigenvalue weighted by molar-refractivity contribution is 5.20. The Hall–Kier alpha value is -0.890. The topological polar surface area (TPSA) is 33.1 Å². The van der Waals surface area contributed by atoms with Crippen molar-refractivity contribution in [1.82, 2.24) is 4.98 Å². The van der Waals surface area contributed by atoms with Gasteiger partial charge < -0.3 is 5.11 Å². The molecule has 98 valence electrons. The number of hydrogen-bond donors (Lipinski definition) is 1. The fraction of sp³-hybridized carbons (Fsp3) is 0.688. The lowest BCUT2D eigenvalue weighted by Gasteiger charge is -2.49. The molecule has 2 aliphatic carbocycles. The molecule has 2 nitrogen and oxygen atoms in total. The maximum Gasteiger partial charge on any atom is 0.0709 e. The average Bonchev–Trinajstić information content (AvgIpc) is 2.63. The molecule has 4 atom stereocenters. The van der Waals surface area contributed by atoms with Crippen LogP contribution >= 0.6 is 0 Å². The van der Waals surface area contributed by atoms with Gasteiger partial charge in [0, 0.05) is 12.4 Å². The van der Waals surface area contributed by atoms with Gasteiger partial charge in [0.25, 0.3) is 0 Å². The van der Waals surface area contributed by atoms with Crippen molar-refractivity contribution in [2.45, 2.75) is 57.5 Å². The molecular weight excluding hydrogens is 222 g/mol. The number of fused-ring (bicyclic) bond motifs is 1. The summed E-state index contributed by atoms with van der Waals surface area (Å²) in [6.45, 7) is 4.60. The SMILES string of the molecule is CC1CCC2(O)CC(c3cccnc3)CCC12C. The number of aromatic nitrogens is 1. The molecule has 2 aliphatic rings. The van der Waals surface area contributed by atoms with Gasteiger partial charge >= 0.3 is 0 Å². The molecule has 1 aromatic rings. The van der Waals surface area contributed by atoms with E-state index in [1.54, 1.807) is 0 Å². The fourth-order valence-corrected chi connectivity index (χ4v) is 4.22. The van der Waals surface area contributed by atoms with Gasteiger partial charge in [0.2, 0.25) is 0 Å². The van der Waals surface area contributed by atoms with Gasteiger partial charge in [-0.2, -0.15) is 0 Å². The quantitative estimate of drug-likeness (QED) is 0.821. The first-order chi connectivity index (χ1) is 8.55. The summed E-state index contributed by atoms with van der Waals surface area (Å²) in [5, 5.41) is 11.1. The maximum absolute atomic E-state index is 11.1. The maximum atomic E-state index is 11.1. The van der Waals surface area contributed by atoms with E-state index in [0.29, 0.717) is 11.8 Å². The van der Waals surface area contributed by atoms with Crippen LogP contribution in [0.2, 0.25) is 0 Å². The van der Waals surface area contributed by atoms with Gasteiger partial charge in [-0.1, -0.05) is 19.9 Å². The van der Waals surface area contributed by atoms with E-state index >= 15 is 0 Å². The lowest BCUT2D eigenvalue weighted by molar-refractivity contribution is -0.102. The Labute approximate surface area is 109 Å². The Kier molecular flexibility index (Phi) is 2.74. The summed E-state index contributed by atoms with van der Waals surface area (Å²) in [5.41, 5.74) is 0.976. The summed E-state index contributed by atoms with van der Waals surface area (Å²) in [5.74, 6) is 1.14. The predicted molar refractivity (Wildman–Crippen MR) is 72.3 cm³/mol. The Morgan fingerprint density at radius 1 is 1.33 bits per heavy atom. The lowest BCUT2D eigenvalue weighted by atomic mass is 9.59. The molecule has 0 bridgehead atoms. The van der Waals surface area contributed by atoms with Gasteiger partial charge in [0.1, 0.15) is 0 Å². The molecule has 0 saturated heterocycles. The Bertz CT molecular complexity index is 432. The smallest absolute Gasteiger partial charge is 0.0709 e. The zero-order valence-corrected chi connectivity index (χ0v) is 11.4. The summed E-state index contributed by atoms with van der Waals surface area (Å²) >= 11 is 0. The molecule has 1 heterocycles. The second-order valence-electron chi connectivity index (χ2n) is 6.61. The van der Waals surface area contributed by atoms with Gasteiger partial charge in [-0.3, -0.25) is 4.98 Å². The van der Waals surface area contributed by atoms with Gasteiger partial charge in [-0.25, -0.2) is 0 Å². The molecule has 0 aliphatic heterocycles. The Morgan fingerprint density at radius 2 is 2.17 bits per heavy atom. The average molecular weight is 245 g/mol. The van der Waals surface area contributed by atoms with E-state index in [9.17, 15) is 5.11 Å². The van der Waals surface area contributed by atoms with Crippen molar-refractivity contribution in [3.63, 3.8) is 0 Å². The predicted octanol–water partition coefficient (Wildman–Crippen LogP) is 3.52. The molecular formula is C16H23NO. The number of nitrogens with zero attached hydrogens (tertiary/aromatic N) is 1. The van der Waals surface area contributed by atoms with Crippen molar-refractivity contribution in [2.24, 2.45) is 11.3 Å². The summed E-state index contributed by atoms with van der Waals surface area (Å²) in [7, 11) is 0. The van der Waals surface area contributed by atoms with Crippen LogP contribution in [0.4, 0.5) is 0 Å². The summed E-state index contributed by atoms with van der Waals surface area (Å²) in [4.78, 5) is 4.22. The van der Waals surface area contributed by atoms with Crippen molar-refractivity contribution >= 4 is 0 Å². The van der Waals surface area contributed by atoms with E-state index in [0.717, 1.165) is 19.3 Å². The Balaban J connectivity index is 1.86. The van der Waals surface area contributed by atoms with Crippen molar-refractivity contribution in [3.8, 4) is 0 Å². The minimum Gasteiger partial charge on any atom is -0.389 e. The van der Waals surface area contributed by atoms with Crippen molar-refractivity contribution in [2.75, 3.05) is 0 Å². The van der Waals surface area contributed by atoms with Crippen LogP contribution in [-0.2, 0) is 0 Å². The third-order valence-electron chi connectivity index (χ3n) is 5.89. The third-order valence-corrected chi connectivity index (χ3v) is 5.89. The summed E-state index contributed by atoms with van der Waals surface area (Å²) < 4.78 is 0. The van der Waals surface area contributed by atoms with Gasteiger partial charge in [0.05, 0.1) is 5.60 Å². The molecule has 1 N–H and O–H groups in total. The van der Waals surface area contributed by atoms with E-state index in [-0.39, 0.29) is 5.41 Å². The van der Waals surface area contributed by atoms with Crippen LogP contribution in [-0.4, -0.2) is 15.7 Å². The monoisotopic (exact) mass is 245 g/mol. The standard InChI is InChI=1S/C16H23NO/c1-12-5-8-16(18)10-13(6-7-15(12,16)2)14-4-3-9-17-11-14/h3-4,9,11-13,18H,5-8,10H2,1-2H3. The minimum absolute atomic E-state index is 0.131. The van der Waals surface area contributed by atoms with Crippen LogP contribution in [0.1, 0.15) is 57.4 Å². The first-order valence-electron chi connectivity index (χ1n) is 7.17. The molecule has 4 unspecified atom stereocenters. The first-order valence-corrected chi connectivity index (χ1v) is 7.17. The van der Waals surface area contributed by atoms with Crippen LogP contribution in [0.3, 0.4) is 0 Å². The van der Waals surface area contributed by atoms with Gasteiger partial charge in [0.15, 0.2) is 0 Å². The second kappa shape index (κ2) is 4.06. The summed E-state index contributed by atoms with van der Waals surface area (Å²) in [6, 6.07) is 4.16. The van der Waals surface area contributed by atoms with E-state index in [1.165, 1.54) is 18.4 Å². The molecule has 0 amide bonds. The van der Waals surface area contributed by atoms with E-state index in [2.05, 4.69) is 24.9 Å². The number of aliphatic hydroxyl groups is 1. The normalized spacial score (nSPS) is 43.7. The largest absolute Gasteiger partial charge is 0.389 e. The number of pyridine rings is 1. The Morgan fingerprint density at radius 3 is 2.89 bits per heavy atom. The highest BCUT2D eigenvalue weighted by Gasteiger charge is 2.57. The number of rotatable bonds is 1. The molecule has 0 aromatic carbocycles. The molecule has 1 aromatic heterocycles. The zero-order chi connectivity index (χ0) is 12.8. The van der Waals surface area contributed by atoms with Gasteiger partial charge in [-0.15, -0.1) is 0 Å². The fourth-order valence-electron chi connectivity index (χ4n) is 4.22. The van der Waals surface area contributed by atoms with Crippen molar-refractivity contribution in [3.05, 3.63) is 30.1 Å². The minimum atomic E-state index is -0.453. The number of hydrogen-bond acceptors (Lipinski definition) is 2. The van der Waals surface area contributed by atoms with Crippen LogP contribution in [0.25, 0.3) is 0 Å². The third kappa shape index (κ3) is 1.62. The van der Waals surface area contributed by atoms with Crippen LogP contribution in [0.15, 0.2) is 24.5 Å². The van der Waals surface area contributed by atoms with Crippen LogP contribution < -0.4 is 0 Å². The van der Waals surface area contributed by atoms with Crippen molar-refractivity contribution in [1.29, 1.82) is 0 Å². The first kappa shape index (κ1) is 12.2. The zero-order valence-electron chi connectivity index (χ0n) is 11.4. The van der Waals surface area contributed by atoms with E-state index in [4.69, 9.17) is 0 Å². The molecule has 2 fully saturated rings. The van der Waals surface area contributed by atoms with E-state index in [1.807, 2.05) is 18.5 Å². The second-order valence-corrected chi connectivity index (χ2v) is 6.61. The highest BCUT2D eigenvalue weighted by Crippen LogP contribution is 2.60. The molecule has 3 rings (SSSR count). The van der Waals surface area contributed by atoms with Crippen molar-refractivity contribution < 1.29 is 5.11 Å². The highest BCUT2D eigenvalue weighted by atomic mass is 16.3. The van der Waals surface area contributed by atoms with Gasteiger partial charge in [-0.05, 0) is 61.0 Å². The van der Waals surface area contributed by atoms with Crippen LogP contribution in [0.5, 0.6) is 0 Å². The van der Waals surface area contributed by atoms with Crippen LogP contribution in [0, 0.1) is 11.3 Å². The molecule has 0 spiro atoms. The molecule has 0 radical (unpaired) electrons. The molecule has 2 saturated carbocycles.